The molecule has 0 saturated carbocycles. The Hall–Kier alpha value is -3.86. The zero-order valence-electron chi connectivity index (χ0n) is 16.5. The molecule has 3 aromatic carbocycles. The molecule has 0 amide bonds. The van der Waals surface area contributed by atoms with E-state index in [-0.39, 0.29) is 0 Å². The highest BCUT2D eigenvalue weighted by Gasteiger charge is 2.17. The number of rotatable bonds is 3. The Kier molecular flexibility index (Phi) is 4.17. The zero-order chi connectivity index (χ0) is 20.8. The van der Waals surface area contributed by atoms with Crippen LogP contribution in [0.15, 0.2) is 79.1 Å². The highest BCUT2D eigenvalue weighted by Crippen LogP contribution is 2.33. The topological polar surface area (TPSA) is 69.7 Å². The second-order valence-electron chi connectivity index (χ2n) is 7.14. The van der Waals surface area contributed by atoms with Crippen molar-refractivity contribution in [1.29, 1.82) is 0 Å². The molecule has 0 radical (unpaired) electrons. The summed E-state index contributed by atoms with van der Waals surface area (Å²) < 4.78 is 16.4. The maximum absolute atomic E-state index is 12.9. The van der Waals surface area contributed by atoms with Gasteiger partial charge in [0.05, 0.1) is 12.7 Å². The van der Waals surface area contributed by atoms with Crippen LogP contribution in [0, 0.1) is 0 Å². The minimum Gasteiger partial charge on any atom is -0.496 e. The summed E-state index contributed by atoms with van der Waals surface area (Å²) in [6.45, 7) is 2.01. The molecular weight excluding hydrogens is 380 g/mol. The summed E-state index contributed by atoms with van der Waals surface area (Å²) in [6, 6.07) is 18.3. The molecule has 5 aromatic rings. The van der Waals surface area contributed by atoms with E-state index in [0.29, 0.717) is 33.4 Å². The van der Waals surface area contributed by atoms with Crippen molar-refractivity contribution in [1.82, 2.24) is 0 Å². The minimum atomic E-state index is -0.541. The standard InChI is InChI=1S/C25H18O5/c1-3-14-10-18-17(12-24(26)29-23(18)13-22(14)28-2)20-11-19-16-7-5-4-6-15(16)8-9-21(19)30-25(20)27/h4-13H,3H2,1-2H3. The Morgan fingerprint density at radius 1 is 0.800 bits per heavy atom. The maximum Gasteiger partial charge on any atom is 0.344 e. The van der Waals surface area contributed by atoms with Crippen LogP contribution in [-0.2, 0) is 6.42 Å². The summed E-state index contributed by atoms with van der Waals surface area (Å²) in [4.78, 5) is 25.2. The van der Waals surface area contributed by atoms with Gasteiger partial charge in [-0.05, 0) is 41.0 Å². The van der Waals surface area contributed by atoms with Crippen molar-refractivity contribution in [3.63, 3.8) is 0 Å². The number of aryl methyl sites for hydroxylation is 1. The molecule has 0 atom stereocenters. The van der Waals surface area contributed by atoms with Crippen molar-refractivity contribution < 1.29 is 13.6 Å². The molecule has 30 heavy (non-hydrogen) atoms. The highest BCUT2D eigenvalue weighted by atomic mass is 16.5. The van der Waals surface area contributed by atoms with Gasteiger partial charge in [-0.2, -0.15) is 0 Å². The Labute approximate surface area is 171 Å². The van der Waals surface area contributed by atoms with E-state index in [4.69, 9.17) is 13.6 Å². The van der Waals surface area contributed by atoms with Crippen LogP contribution in [0.3, 0.4) is 0 Å². The monoisotopic (exact) mass is 398 g/mol. The quantitative estimate of drug-likeness (QED) is 0.305. The smallest absolute Gasteiger partial charge is 0.344 e. The number of methoxy groups -OCH3 is 1. The predicted molar refractivity (Wildman–Crippen MR) is 117 cm³/mol. The van der Waals surface area contributed by atoms with Crippen molar-refractivity contribution in [2.45, 2.75) is 13.3 Å². The molecule has 0 aliphatic heterocycles. The van der Waals surface area contributed by atoms with Crippen molar-refractivity contribution in [2.75, 3.05) is 7.11 Å². The third-order valence-corrected chi connectivity index (χ3v) is 5.46. The Morgan fingerprint density at radius 3 is 2.43 bits per heavy atom. The zero-order valence-corrected chi connectivity index (χ0v) is 16.5. The summed E-state index contributed by atoms with van der Waals surface area (Å²) in [5.74, 6) is 0.641. The molecule has 0 aliphatic rings. The molecule has 5 rings (SSSR count). The van der Waals surface area contributed by atoms with Gasteiger partial charge in [-0.15, -0.1) is 0 Å². The first kappa shape index (κ1) is 18.2. The molecule has 5 heteroatoms. The molecule has 0 aliphatic carbocycles. The lowest BCUT2D eigenvalue weighted by molar-refractivity contribution is 0.409. The van der Waals surface area contributed by atoms with Gasteiger partial charge in [0.1, 0.15) is 16.9 Å². The van der Waals surface area contributed by atoms with Crippen LogP contribution in [0.4, 0.5) is 0 Å². The van der Waals surface area contributed by atoms with E-state index in [0.717, 1.165) is 28.1 Å². The molecule has 0 unspecified atom stereocenters. The average molecular weight is 398 g/mol. The third-order valence-electron chi connectivity index (χ3n) is 5.46. The molecule has 2 aromatic heterocycles. The third kappa shape index (κ3) is 2.78. The van der Waals surface area contributed by atoms with E-state index >= 15 is 0 Å². The molecule has 0 N–H and O–H groups in total. The van der Waals surface area contributed by atoms with E-state index in [1.807, 2.05) is 43.3 Å². The van der Waals surface area contributed by atoms with Gasteiger partial charge >= 0.3 is 11.3 Å². The fourth-order valence-electron chi connectivity index (χ4n) is 3.98. The van der Waals surface area contributed by atoms with Gasteiger partial charge in [0.2, 0.25) is 0 Å². The summed E-state index contributed by atoms with van der Waals surface area (Å²) in [7, 11) is 1.57. The lowest BCUT2D eigenvalue weighted by atomic mass is 9.98. The second kappa shape index (κ2) is 6.88. The van der Waals surface area contributed by atoms with Crippen molar-refractivity contribution in [3.8, 4) is 16.9 Å². The molecule has 5 nitrogen and oxygen atoms in total. The minimum absolute atomic E-state index is 0.323. The first-order valence-corrected chi connectivity index (χ1v) is 9.70. The average Bonchev–Trinajstić information content (AvgIpc) is 2.77. The van der Waals surface area contributed by atoms with Gasteiger partial charge in [0, 0.05) is 28.5 Å². The fraction of sp³-hybridized carbons (Fsp3) is 0.120. The van der Waals surface area contributed by atoms with Gasteiger partial charge in [0.15, 0.2) is 0 Å². The maximum atomic E-state index is 12.9. The van der Waals surface area contributed by atoms with Crippen LogP contribution in [0.1, 0.15) is 12.5 Å². The van der Waals surface area contributed by atoms with E-state index in [9.17, 15) is 9.59 Å². The largest absolute Gasteiger partial charge is 0.496 e. The summed E-state index contributed by atoms with van der Waals surface area (Å²) in [5.41, 5.74) is 1.59. The molecule has 0 bridgehead atoms. The van der Waals surface area contributed by atoms with Crippen molar-refractivity contribution in [3.05, 3.63) is 87.1 Å². The Bertz CT molecular complexity index is 1560. The van der Waals surface area contributed by atoms with Crippen LogP contribution < -0.4 is 16.0 Å². The summed E-state index contributed by atoms with van der Waals surface area (Å²) in [6.07, 6.45) is 0.731. The molecule has 0 fully saturated rings. The molecule has 0 saturated heterocycles. The molecular formula is C25H18O5. The Morgan fingerprint density at radius 2 is 1.63 bits per heavy atom. The first-order chi connectivity index (χ1) is 14.6. The van der Waals surface area contributed by atoms with E-state index in [1.54, 1.807) is 25.3 Å². The lowest BCUT2D eigenvalue weighted by Gasteiger charge is -2.11. The number of benzene rings is 3. The summed E-state index contributed by atoms with van der Waals surface area (Å²) in [5, 5.41) is 3.50. The second-order valence-corrected chi connectivity index (χ2v) is 7.14. The predicted octanol–water partition coefficient (Wildman–Crippen LogP) is 5.29. The normalized spacial score (nSPS) is 11.4. The molecule has 148 valence electrons. The molecule has 0 spiro atoms. The van der Waals surface area contributed by atoms with Crippen LogP contribution in [0.25, 0.3) is 43.8 Å². The van der Waals surface area contributed by atoms with E-state index in [1.165, 1.54) is 6.07 Å². The summed E-state index contributed by atoms with van der Waals surface area (Å²) >= 11 is 0. The molecule has 2 heterocycles. The van der Waals surface area contributed by atoms with E-state index < -0.39 is 11.3 Å². The highest BCUT2D eigenvalue weighted by molar-refractivity contribution is 6.07. The van der Waals surface area contributed by atoms with Gasteiger partial charge in [-0.1, -0.05) is 37.3 Å². The van der Waals surface area contributed by atoms with E-state index in [2.05, 4.69) is 0 Å². The number of ether oxygens (including phenoxy) is 1. The van der Waals surface area contributed by atoms with Crippen LogP contribution in [0.5, 0.6) is 5.75 Å². The van der Waals surface area contributed by atoms with Crippen molar-refractivity contribution in [2.24, 2.45) is 0 Å². The van der Waals surface area contributed by atoms with Crippen LogP contribution in [0.2, 0.25) is 0 Å². The Balaban J connectivity index is 1.89. The fourth-order valence-corrected chi connectivity index (χ4v) is 3.98. The van der Waals surface area contributed by atoms with Crippen LogP contribution in [-0.4, -0.2) is 7.11 Å². The van der Waals surface area contributed by atoms with Crippen molar-refractivity contribution >= 4 is 32.7 Å². The van der Waals surface area contributed by atoms with Gasteiger partial charge in [-0.25, -0.2) is 9.59 Å². The lowest BCUT2D eigenvalue weighted by Crippen LogP contribution is -2.07. The SMILES string of the molecule is CCc1cc2c(-c3cc4c(ccc5ccccc54)oc3=O)cc(=O)oc2cc1OC. The van der Waals surface area contributed by atoms with Gasteiger partial charge < -0.3 is 13.6 Å². The van der Waals surface area contributed by atoms with Crippen LogP contribution >= 0.6 is 0 Å². The van der Waals surface area contributed by atoms with Gasteiger partial charge in [0.25, 0.3) is 0 Å². The number of hydrogen-bond acceptors (Lipinski definition) is 5. The number of fused-ring (bicyclic) bond motifs is 4. The van der Waals surface area contributed by atoms with Gasteiger partial charge in [-0.3, -0.25) is 0 Å². The first-order valence-electron chi connectivity index (χ1n) is 9.70. The number of hydrogen-bond donors (Lipinski definition) is 0.